The zero-order valence-electron chi connectivity index (χ0n) is 15.5. The molecule has 138 valence electrons. The maximum absolute atomic E-state index is 12.4. The summed E-state index contributed by atoms with van der Waals surface area (Å²) in [6.07, 6.45) is 4.11. The van der Waals surface area contributed by atoms with E-state index >= 15 is 0 Å². The Kier molecular flexibility index (Phi) is 6.53. The van der Waals surface area contributed by atoms with Gasteiger partial charge in [0.25, 0.3) is 0 Å². The second-order valence-corrected chi connectivity index (χ2v) is 7.44. The van der Waals surface area contributed by atoms with Crippen LogP contribution in [0.5, 0.6) is 0 Å². The molecule has 3 rings (SSSR count). The van der Waals surface area contributed by atoms with Crippen LogP contribution < -0.4 is 10.6 Å². The highest BCUT2D eigenvalue weighted by atomic mass is 35.5. The number of hydrogen-bond donors (Lipinski definition) is 2. The van der Waals surface area contributed by atoms with Gasteiger partial charge in [0.2, 0.25) is 5.91 Å². The smallest absolute Gasteiger partial charge is 0.224 e. The van der Waals surface area contributed by atoms with E-state index in [1.54, 1.807) is 6.26 Å². The molecule has 1 amide bonds. The summed E-state index contributed by atoms with van der Waals surface area (Å²) in [5.41, 5.74) is 4.41. The van der Waals surface area contributed by atoms with Gasteiger partial charge >= 0.3 is 0 Å². The predicted octanol–water partition coefficient (Wildman–Crippen LogP) is 4.09. The molecule has 5 heteroatoms. The Bertz CT molecular complexity index is 739. The van der Waals surface area contributed by atoms with Crippen molar-refractivity contribution in [3.05, 3.63) is 35.1 Å². The predicted molar refractivity (Wildman–Crippen MR) is 105 cm³/mol. The number of benzene rings is 1. The van der Waals surface area contributed by atoms with Gasteiger partial charge in [-0.3, -0.25) is 4.79 Å². The molecule has 2 aromatic rings. The van der Waals surface area contributed by atoms with E-state index in [1.807, 2.05) is 0 Å². The van der Waals surface area contributed by atoms with Crippen molar-refractivity contribution in [1.82, 2.24) is 10.6 Å². The fourth-order valence-electron chi connectivity index (χ4n) is 3.72. The van der Waals surface area contributed by atoms with Crippen LogP contribution in [0.25, 0.3) is 11.0 Å². The minimum Gasteiger partial charge on any atom is -0.464 e. The number of hydrogen-bond acceptors (Lipinski definition) is 3. The van der Waals surface area contributed by atoms with Crippen LogP contribution >= 0.6 is 12.4 Å². The Hall–Kier alpha value is -1.52. The second-order valence-electron chi connectivity index (χ2n) is 7.44. The average molecular weight is 365 g/mol. The molecule has 2 heterocycles. The molecule has 1 aromatic heterocycles. The standard InChI is InChI=1S/C20H28N2O2.ClH/c1-12(2)17-10-18-15(11-24-19(18)7-13(17)3)9-20(23)22-16-5-6-21-14(4)8-16;/h7,10-12,14,16,21H,5-6,8-9H2,1-4H3,(H,22,23);1H. The van der Waals surface area contributed by atoms with Crippen molar-refractivity contribution < 1.29 is 9.21 Å². The minimum absolute atomic E-state index is 0. The zero-order valence-corrected chi connectivity index (χ0v) is 16.3. The van der Waals surface area contributed by atoms with E-state index in [1.165, 1.54) is 11.1 Å². The number of carbonyl (C=O) groups is 1. The van der Waals surface area contributed by atoms with Crippen molar-refractivity contribution in [2.75, 3.05) is 6.54 Å². The minimum atomic E-state index is 0. The fraction of sp³-hybridized carbons (Fsp3) is 0.550. The number of amides is 1. The molecule has 25 heavy (non-hydrogen) atoms. The van der Waals surface area contributed by atoms with Crippen molar-refractivity contribution in [3.63, 3.8) is 0 Å². The molecule has 1 fully saturated rings. The Morgan fingerprint density at radius 1 is 1.40 bits per heavy atom. The summed E-state index contributed by atoms with van der Waals surface area (Å²) in [6.45, 7) is 9.63. The Labute approximate surface area is 156 Å². The lowest BCUT2D eigenvalue weighted by Gasteiger charge is -2.28. The third kappa shape index (κ3) is 4.56. The molecule has 1 saturated heterocycles. The van der Waals surface area contributed by atoms with Gasteiger partial charge in [-0.25, -0.2) is 0 Å². The first-order chi connectivity index (χ1) is 11.4. The second kappa shape index (κ2) is 8.24. The number of halogens is 1. The summed E-state index contributed by atoms with van der Waals surface area (Å²) >= 11 is 0. The number of furan rings is 1. The molecule has 2 N–H and O–H groups in total. The van der Waals surface area contributed by atoms with Crippen molar-refractivity contribution in [1.29, 1.82) is 0 Å². The molecule has 4 nitrogen and oxygen atoms in total. The summed E-state index contributed by atoms with van der Waals surface area (Å²) < 4.78 is 5.68. The number of piperidine rings is 1. The van der Waals surface area contributed by atoms with Crippen molar-refractivity contribution >= 4 is 29.3 Å². The van der Waals surface area contributed by atoms with Gasteiger partial charge in [-0.2, -0.15) is 0 Å². The Balaban J connectivity index is 0.00000225. The molecule has 0 aliphatic carbocycles. The number of nitrogens with one attached hydrogen (secondary N) is 2. The van der Waals surface area contributed by atoms with Gasteiger partial charge in [0, 0.05) is 23.0 Å². The maximum Gasteiger partial charge on any atom is 0.224 e. The van der Waals surface area contributed by atoms with E-state index in [4.69, 9.17) is 4.42 Å². The van der Waals surface area contributed by atoms with Gasteiger partial charge in [-0.1, -0.05) is 13.8 Å². The summed E-state index contributed by atoms with van der Waals surface area (Å²) in [6, 6.07) is 5.02. The van der Waals surface area contributed by atoms with E-state index in [2.05, 4.69) is 50.5 Å². The van der Waals surface area contributed by atoms with Crippen LogP contribution in [0.4, 0.5) is 0 Å². The lowest BCUT2D eigenvalue weighted by molar-refractivity contribution is -0.121. The van der Waals surface area contributed by atoms with Gasteiger partial charge in [0.15, 0.2) is 0 Å². The van der Waals surface area contributed by atoms with Crippen molar-refractivity contribution in [2.24, 2.45) is 0 Å². The quantitative estimate of drug-likeness (QED) is 0.859. The van der Waals surface area contributed by atoms with Gasteiger partial charge in [0.05, 0.1) is 12.7 Å². The molecule has 1 aliphatic heterocycles. The monoisotopic (exact) mass is 364 g/mol. The van der Waals surface area contributed by atoms with Crippen molar-refractivity contribution in [3.8, 4) is 0 Å². The lowest BCUT2D eigenvalue weighted by Crippen LogP contribution is -2.46. The lowest BCUT2D eigenvalue weighted by atomic mass is 9.95. The highest BCUT2D eigenvalue weighted by Gasteiger charge is 2.21. The van der Waals surface area contributed by atoms with Crippen LogP contribution in [0.3, 0.4) is 0 Å². The average Bonchev–Trinajstić information content (AvgIpc) is 2.88. The Morgan fingerprint density at radius 3 is 2.84 bits per heavy atom. The normalized spacial score (nSPS) is 20.5. The van der Waals surface area contributed by atoms with Gasteiger partial charge in [-0.15, -0.1) is 12.4 Å². The molecule has 2 unspecified atom stereocenters. The zero-order chi connectivity index (χ0) is 17.3. The van der Waals surface area contributed by atoms with Crippen LogP contribution in [-0.4, -0.2) is 24.5 Å². The summed E-state index contributed by atoms with van der Waals surface area (Å²) in [4.78, 5) is 12.4. The van der Waals surface area contributed by atoms with Gasteiger partial charge in [0.1, 0.15) is 5.58 Å². The number of fused-ring (bicyclic) bond motifs is 1. The molecule has 0 bridgehead atoms. The van der Waals surface area contributed by atoms with Crippen LogP contribution in [0.15, 0.2) is 22.8 Å². The molecular weight excluding hydrogens is 336 g/mol. The third-order valence-electron chi connectivity index (χ3n) is 5.00. The first kappa shape index (κ1) is 19.8. The molecule has 1 aliphatic rings. The van der Waals surface area contributed by atoms with E-state index in [9.17, 15) is 4.79 Å². The topological polar surface area (TPSA) is 54.3 Å². The first-order valence-electron chi connectivity index (χ1n) is 8.97. The number of rotatable bonds is 4. The van der Waals surface area contributed by atoms with Crippen molar-refractivity contribution in [2.45, 2.75) is 65.0 Å². The largest absolute Gasteiger partial charge is 0.464 e. The van der Waals surface area contributed by atoms with Gasteiger partial charge in [-0.05, 0) is 62.4 Å². The van der Waals surface area contributed by atoms with Gasteiger partial charge < -0.3 is 15.1 Å². The molecule has 0 spiro atoms. The van der Waals surface area contributed by atoms with E-state index in [-0.39, 0.29) is 24.4 Å². The first-order valence-corrected chi connectivity index (χ1v) is 8.97. The molecule has 2 atom stereocenters. The number of carbonyl (C=O) groups excluding carboxylic acids is 1. The summed E-state index contributed by atoms with van der Waals surface area (Å²) in [5.74, 6) is 0.547. The third-order valence-corrected chi connectivity index (χ3v) is 5.00. The maximum atomic E-state index is 12.4. The number of aryl methyl sites for hydroxylation is 1. The SMILES string of the molecule is Cc1cc2occ(CC(=O)NC3CCNC(C)C3)c2cc1C(C)C.Cl. The molecule has 0 radical (unpaired) electrons. The van der Waals surface area contributed by atoms with Crippen LogP contribution in [0.1, 0.15) is 56.2 Å². The molecule has 0 saturated carbocycles. The van der Waals surface area contributed by atoms with E-state index < -0.39 is 0 Å². The van der Waals surface area contributed by atoms with Crippen LogP contribution in [0, 0.1) is 6.92 Å². The van der Waals surface area contributed by atoms with Crippen LogP contribution in [-0.2, 0) is 11.2 Å². The summed E-state index contributed by atoms with van der Waals surface area (Å²) in [7, 11) is 0. The highest BCUT2D eigenvalue weighted by molar-refractivity contribution is 5.88. The highest BCUT2D eigenvalue weighted by Crippen LogP contribution is 2.29. The van der Waals surface area contributed by atoms with E-state index in [0.29, 0.717) is 18.4 Å². The fourth-order valence-corrected chi connectivity index (χ4v) is 3.72. The van der Waals surface area contributed by atoms with Crippen LogP contribution in [0.2, 0.25) is 0 Å². The molecule has 1 aromatic carbocycles. The molecular formula is C20H29ClN2O2. The summed E-state index contributed by atoms with van der Waals surface area (Å²) in [5, 5.41) is 7.66. The van der Waals surface area contributed by atoms with E-state index in [0.717, 1.165) is 35.9 Å². The Morgan fingerprint density at radius 2 is 2.16 bits per heavy atom.